The summed E-state index contributed by atoms with van der Waals surface area (Å²) in [6, 6.07) is 3.97. The van der Waals surface area contributed by atoms with Crippen molar-refractivity contribution < 1.29 is 9.53 Å². The SMILES string of the molecule is Cc1cc(NC(=O)[C@H]2CCO[C@@H]2C2CCN(C)CC2)nn1CCC#N. The predicted octanol–water partition coefficient (Wildman–Crippen LogP) is 1.79. The van der Waals surface area contributed by atoms with Gasteiger partial charge >= 0.3 is 0 Å². The van der Waals surface area contributed by atoms with Crippen molar-refractivity contribution in [2.75, 3.05) is 32.1 Å². The summed E-state index contributed by atoms with van der Waals surface area (Å²) in [5, 5.41) is 16.1. The highest BCUT2D eigenvalue weighted by Gasteiger charge is 2.40. The lowest BCUT2D eigenvalue weighted by Gasteiger charge is -2.34. The number of piperidine rings is 1. The number of hydrogen-bond acceptors (Lipinski definition) is 5. The lowest BCUT2D eigenvalue weighted by atomic mass is 9.84. The Morgan fingerprint density at radius 2 is 2.20 bits per heavy atom. The topological polar surface area (TPSA) is 83.2 Å². The Labute approximate surface area is 148 Å². The van der Waals surface area contributed by atoms with E-state index in [2.05, 4.69) is 28.4 Å². The number of anilines is 1. The fourth-order valence-corrected chi connectivity index (χ4v) is 3.89. The van der Waals surface area contributed by atoms with Gasteiger partial charge in [-0.3, -0.25) is 9.48 Å². The molecule has 3 heterocycles. The van der Waals surface area contributed by atoms with E-state index in [-0.39, 0.29) is 17.9 Å². The van der Waals surface area contributed by atoms with E-state index in [4.69, 9.17) is 10.00 Å². The molecule has 0 radical (unpaired) electrons. The van der Waals surface area contributed by atoms with Crippen molar-refractivity contribution in [3.8, 4) is 6.07 Å². The van der Waals surface area contributed by atoms with Crippen molar-refractivity contribution in [3.05, 3.63) is 11.8 Å². The Balaban J connectivity index is 1.61. The Morgan fingerprint density at radius 3 is 2.92 bits per heavy atom. The second-order valence-electron chi connectivity index (χ2n) is 7.16. The summed E-state index contributed by atoms with van der Waals surface area (Å²) in [6.07, 6.45) is 3.39. The molecule has 3 rings (SSSR count). The van der Waals surface area contributed by atoms with E-state index in [0.717, 1.165) is 38.0 Å². The predicted molar refractivity (Wildman–Crippen MR) is 93.9 cm³/mol. The minimum Gasteiger partial charge on any atom is -0.377 e. The second kappa shape index (κ2) is 7.98. The zero-order valence-electron chi connectivity index (χ0n) is 15.1. The van der Waals surface area contributed by atoms with Crippen LogP contribution in [0.4, 0.5) is 5.82 Å². The van der Waals surface area contributed by atoms with Crippen LogP contribution in [-0.2, 0) is 16.1 Å². The first kappa shape index (κ1) is 17.9. The Kier molecular flexibility index (Phi) is 5.71. The lowest BCUT2D eigenvalue weighted by Crippen LogP contribution is -2.40. The minimum atomic E-state index is -0.0991. The zero-order chi connectivity index (χ0) is 17.8. The molecule has 25 heavy (non-hydrogen) atoms. The number of likely N-dealkylation sites (tertiary alicyclic amines) is 1. The molecule has 0 aliphatic carbocycles. The highest BCUT2D eigenvalue weighted by atomic mass is 16.5. The van der Waals surface area contributed by atoms with Crippen LogP contribution in [0.25, 0.3) is 0 Å². The minimum absolute atomic E-state index is 0.00589. The van der Waals surface area contributed by atoms with E-state index in [1.165, 1.54) is 0 Å². The van der Waals surface area contributed by atoms with Crippen LogP contribution in [0.3, 0.4) is 0 Å². The fourth-order valence-electron chi connectivity index (χ4n) is 3.89. The number of ether oxygens (including phenoxy) is 1. The smallest absolute Gasteiger partial charge is 0.231 e. The van der Waals surface area contributed by atoms with Crippen LogP contribution < -0.4 is 5.32 Å². The highest BCUT2D eigenvalue weighted by Crippen LogP contribution is 2.33. The normalized spacial score (nSPS) is 25.0. The maximum atomic E-state index is 12.8. The van der Waals surface area contributed by atoms with Gasteiger partial charge < -0.3 is 15.0 Å². The number of aryl methyl sites for hydroxylation is 2. The molecule has 2 fully saturated rings. The molecule has 2 atom stereocenters. The molecule has 1 aromatic rings. The first-order valence-electron chi connectivity index (χ1n) is 9.11. The molecule has 2 saturated heterocycles. The molecule has 1 amide bonds. The summed E-state index contributed by atoms with van der Waals surface area (Å²) >= 11 is 0. The average Bonchev–Trinajstić information content (AvgIpc) is 3.20. The van der Waals surface area contributed by atoms with E-state index >= 15 is 0 Å². The monoisotopic (exact) mass is 345 g/mol. The Morgan fingerprint density at radius 1 is 1.44 bits per heavy atom. The highest BCUT2D eigenvalue weighted by molar-refractivity contribution is 5.92. The van der Waals surface area contributed by atoms with Crippen LogP contribution in [-0.4, -0.2) is 53.4 Å². The van der Waals surface area contributed by atoms with Crippen LogP contribution in [0.15, 0.2) is 6.07 Å². The number of nitriles is 1. The average molecular weight is 345 g/mol. The number of carbonyl (C=O) groups excluding carboxylic acids is 1. The van der Waals surface area contributed by atoms with Crippen LogP contribution in [0.2, 0.25) is 0 Å². The third-order valence-corrected chi connectivity index (χ3v) is 5.37. The number of aromatic nitrogens is 2. The number of rotatable bonds is 5. The summed E-state index contributed by atoms with van der Waals surface area (Å²) in [5.41, 5.74) is 0.945. The van der Waals surface area contributed by atoms with Gasteiger partial charge in [0.1, 0.15) is 0 Å². The third-order valence-electron chi connectivity index (χ3n) is 5.37. The molecule has 0 unspecified atom stereocenters. The van der Waals surface area contributed by atoms with E-state index < -0.39 is 0 Å². The van der Waals surface area contributed by atoms with Gasteiger partial charge in [-0.25, -0.2) is 0 Å². The van der Waals surface area contributed by atoms with Crippen molar-refractivity contribution in [1.82, 2.24) is 14.7 Å². The van der Waals surface area contributed by atoms with Gasteiger partial charge in [-0.05, 0) is 52.2 Å². The van der Waals surface area contributed by atoms with Gasteiger partial charge in [-0.1, -0.05) is 0 Å². The van der Waals surface area contributed by atoms with Crippen LogP contribution in [0.1, 0.15) is 31.4 Å². The summed E-state index contributed by atoms with van der Waals surface area (Å²) in [7, 11) is 2.14. The quantitative estimate of drug-likeness (QED) is 0.880. The summed E-state index contributed by atoms with van der Waals surface area (Å²) in [4.78, 5) is 15.1. The van der Waals surface area contributed by atoms with Crippen molar-refractivity contribution in [2.24, 2.45) is 11.8 Å². The van der Waals surface area contributed by atoms with E-state index in [9.17, 15) is 4.79 Å². The van der Waals surface area contributed by atoms with Crippen molar-refractivity contribution >= 4 is 11.7 Å². The van der Waals surface area contributed by atoms with Crippen LogP contribution in [0, 0.1) is 30.1 Å². The number of nitrogens with one attached hydrogen (secondary N) is 1. The van der Waals surface area contributed by atoms with E-state index in [1.54, 1.807) is 4.68 Å². The molecule has 0 bridgehead atoms. The molecule has 0 saturated carbocycles. The Hall–Kier alpha value is -1.91. The summed E-state index contributed by atoms with van der Waals surface area (Å²) in [5.74, 6) is 0.933. The third kappa shape index (κ3) is 4.20. The zero-order valence-corrected chi connectivity index (χ0v) is 15.1. The molecule has 1 N–H and O–H groups in total. The van der Waals surface area contributed by atoms with Gasteiger partial charge in [0.05, 0.1) is 31.1 Å². The van der Waals surface area contributed by atoms with Crippen LogP contribution in [0.5, 0.6) is 0 Å². The molecular formula is C18H27N5O2. The number of amides is 1. The van der Waals surface area contributed by atoms with Gasteiger partial charge in [0, 0.05) is 18.4 Å². The van der Waals surface area contributed by atoms with Gasteiger partial charge in [-0.15, -0.1) is 0 Å². The van der Waals surface area contributed by atoms with Crippen molar-refractivity contribution in [1.29, 1.82) is 5.26 Å². The van der Waals surface area contributed by atoms with Gasteiger partial charge in [0.2, 0.25) is 5.91 Å². The first-order chi connectivity index (χ1) is 12.1. The molecule has 7 nitrogen and oxygen atoms in total. The second-order valence-corrected chi connectivity index (χ2v) is 7.16. The Bertz CT molecular complexity index is 642. The molecule has 1 aromatic heterocycles. The fraction of sp³-hybridized carbons (Fsp3) is 0.722. The largest absolute Gasteiger partial charge is 0.377 e. The standard InChI is InChI=1S/C18H27N5O2/c1-13-12-16(21-23(13)8-3-7-19)20-18(24)15-6-11-25-17(15)14-4-9-22(2)10-5-14/h12,14-15,17H,3-6,8-11H2,1-2H3,(H,20,21,24)/t15-,17+/m0/s1. The van der Waals surface area contributed by atoms with E-state index in [0.29, 0.717) is 31.3 Å². The van der Waals surface area contributed by atoms with Gasteiger partial charge in [0.25, 0.3) is 0 Å². The molecule has 7 heteroatoms. The van der Waals surface area contributed by atoms with Crippen molar-refractivity contribution in [3.63, 3.8) is 0 Å². The maximum absolute atomic E-state index is 12.8. The molecule has 2 aliphatic heterocycles. The molecule has 0 aromatic carbocycles. The number of carbonyl (C=O) groups is 1. The maximum Gasteiger partial charge on any atom is 0.231 e. The van der Waals surface area contributed by atoms with Gasteiger partial charge in [0.15, 0.2) is 5.82 Å². The summed E-state index contributed by atoms with van der Waals surface area (Å²) in [6.45, 7) is 5.27. The van der Waals surface area contributed by atoms with Crippen LogP contribution >= 0.6 is 0 Å². The lowest BCUT2D eigenvalue weighted by molar-refractivity contribution is -0.122. The molecule has 0 spiro atoms. The van der Waals surface area contributed by atoms with Gasteiger partial charge in [-0.2, -0.15) is 10.4 Å². The number of nitrogens with zero attached hydrogens (tertiary/aromatic N) is 4. The molecule has 136 valence electrons. The summed E-state index contributed by atoms with van der Waals surface area (Å²) < 4.78 is 7.70. The first-order valence-corrected chi connectivity index (χ1v) is 9.11. The number of hydrogen-bond donors (Lipinski definition) is 1. The van der Waals surface area contributed by atoms with E-state index in [1.807, 2.05) is 13.0 Å². The molecular weight excluding hydrogens is 318 g/mol. The molecule has 2 aliphatic rings. The van der Waals surface area contributed by atoms with Crippen molar-refractivity contribution in [2.45, 2.75) is 45.3 Å².